The Balaban J connectivity index is 2.26. The lowest BCUT2D eigenvalue weighted by molar-refractivity contribution is -0.136. The number of alkyl halides is 3. The third kappa shape index (κ3) is 4.11. The molecule has 0 aliphatic rings. The van der Waals surface area contributed by atoms with Gasteiger partial charge < -0.3 is 4.74 Å². The molecule has 0 fully saturated rings. The van der Waals surface area contributed by atoms with Crippen molar-refractivity contribution in [2.24, 2.45) is 0 Å². The Morgan fingerprint density at radius 2 is 1.95 bits per heavy atom. The third-order valence-electron chi connectivity index (χ3n) is 3.26. The lowest BCUT2D eigenvalue weighted by Gasteiger charge is -2.16. The highest BCUT2D eigenvalue weighted by Gasteiger charge is 2.34. The van der Waals surface area contributed by atoms with Crippen molar-refractivity contribution in [1.29, 1.82) is 0 Å². The first-order chi connectivity index (χ1) is 10.1. The van der Waals surface area contributed by atoms with E-state index in [1.54, 1.807) is 0 Å². The van der Waals surface area contributed by atoms with Crippen LogP contribution in [0.2, 0.25) is 25.7 Å². The summed E-state index contributed by atoms with van der Waals surface area (Å²) < 4.78 is 46.9. The van der Waals surface area contributed by atoms with Crippen LogP contribution >= 0.6 is 15.9 Å². The van der Waals surface area contributed by atoms with Crippen LogP contribution in [0.25, 0.3) is 10.9 Å². The topological polar surface area (TPSA) is 27.1 Å². The summed E-state index contributed by atoms with van der Waals surface area (Å²) in [5.41, 5.74) is -0.646. The zero-order chi connectivity index (χ0) is 16.5. The van der Waals surface area contributed by atoms with Gasteiger partial charge in [-0.1, -0.05) is 35.6 Å². The van der Waals surface area contributed by atoms with Crippen LogP contribution in [0.1, 0.15) is 5.56 Å². The Labute approximate surface area is 136 Å². The summed E-state index contributed by atoms with van der Waals surface area (Å²) in [6.45, 7) is 7.22. The van der Waals surface area contributed by atoms with E-state index in [-0.39, 0.29) is 12.2 Å². The SMILES string of the molecule is C[Si](C)(C)CCOCn1ncc2c(Br)ccc(C(F)(F)F)c21. The van der Waals surface area contributed by atoms with Crippen molar-refractivity contribution in [1.82, 2.24) is 9.78 Å². The summed E-state index contributed by atoms with van der Waals surface area (Å²) in [5.74, 6) is 0. The van der Waals surface area contributed by atoms with Crippen molar-refractivity contribution in [2.75, 3.05) is 6.61 Å². The highest BCUT2D eigenvalue weighted by molar-refractivity contribution is 9.10. The van der Waals surface area contributed by atoms with E-state index in [9.17, 15) is 13.2 Å². The molecule has 1 aromatic heterocycles. The van der Waals surface area contributed by atoms with E-state index in [2.05, 4.69) is 40.7 Å². The Hall–Kier alpha value is -0.863. The molecule has 0 unspecified atom stereocenters. The first-order valence-corrected chi connectivity index (χ1v) is 11.4. The Morgan fingerprint density at radius 3 is 2.55 bits per heavy atom. The average Bonchev–Trinajstić information content (AvgIpc) is 2.77. The molecule has 2 aromatic rings. The van der Waals surface area contributed by atoms with E-state index in [0.29, 0.717) is 16.5 Å². The predicted molar refractivity (Wildman–Crippen MR) is 86.5 cm³/mol. The van der Waals surface area contributed by atoms with Crippen LogP contribution < -0.4 is 0 Å². The zero-order valence-electron chi connectivity index (χ0n) is 12.7. The molecule has 0 aliphatic carbocycles. The molecular formula is C14H18BrF3N2OSi. The predicted octanol–water partition coefficient (Wildman–Crippen LogP) is 5.13. The Kier molecular flexibility index (Phi) is 5.03. The van der Waals surface area contributed by atoms with Gasteiger partial charge in [0, 0.05) is 24.5 Å². The largest absolute Gasteiger partial charge is 0.418 e. The minimum Gasteiger partial charge on any atom is -0.360 e. The van der Waals surface area contributed by atoms with Crippen molar-refractivity contribution in [3.05, 3.63) is 28.4 Å². The lowest BCUT2D eigenvalue weighted by Crippen LogP contribution is -2.22. The molecule has 0 bridgehead atoms. The summed E-state index contributed by atoms with van der Waals surface area (Å²) in [6.07, 6.45) is -2.99. The van der Waals surface area contributed by atoms with Crippen LogP contribution in [0.4, 0.5) is 13.2 Å². The fraction of sp³-hybridized carbons (Fsp3) is 0.500. The number of halogens is 4. The number of ether oxygens (including phenoxy) is 1. The van der Waals surface area contributed by atoms with Crippen LogP contribution in [0.3, 0.4) is 0 Å². The van der Waals surface area contributed by atoms with Gasteiger partial charge in [0.25, 0.3) is 0 Å². The summed E-state index contributed by atoms with van der Waals surface area (Å²) in [6, 6.07) is 3.41. The first kappa shape index (κ1) is 17.5. The molecule has 0 N–H and O–H groups in total. The quantitative estimate of drug-likeness (QED) is 0.519. The number of hydrogen-bond acceptors (Lipinski definition) is 2. The van der Waals surface area contributed by atoms with Crippen molar-refractivity contribution >= 4 is 34.9 Å². The minimum absolute atomic E-state index is 0.0213. The van der Waals surface area contributed by atoms with Gasteiger partial charge in [-0.2, -0.15) is 18.3 Å². The molecule has 8 heteroatoms. The Bertz CT molecular complexity index is 664. The smallest absolute Gasteiger partial charge is 0.360 e. The van der Waals surface area contributed by atoms with Gasteiger partial charge in [0.1, 0.15) is 6.73 Å². The summed E-state index contributed by atoms with van der Waals surface area (Å²) in [4.78, 5) is 0. The van der Waals surface area contributed by atoms with E-state index in [4.69, 9.17) is 4.74 Å². The standard InChI is InChI=1S/C14H18BrF3N2OSi/c1-22(2,3)7-6-21-9-20-13-10(8-19-20)12(15)5-4-11(13)14(16,17)18/h4-5,8H,6-7,9H2,1-3H3. The van der Waals surface area contributed by atoms with E-state index in [1.165, 1.54) is 16.9 Å². The fourth-order valence-corrected chi connectivity index (χ4v) is 3.20. The molecule has 0 aliphatic heterocycles. The van der Waals surface area contributed by atoms with Crippen LogP contribution in [-0.4, -0.2) is 24.5 Å². The van der Waals surface area contributed by atoms with Crippen LogP contribution in [0.15, 0.2) is 22.8 Å². The normalized spacial score (nSPS) is 13.0. The second-order valence-electron chi connectivity index (χ2n) is 6.35. The molecule has 22 heavy (non-hydrogen) atoms. The monoisotopic (exact) mass is 394 g/mol. The highest BCUT2D eigenvalue weighted by atomic mass is 79.9. The van der Waals surface area contributed by atoms with Gasteiger partial charge in [-0.05, 0) is 18.2 Å². The minimum atomic E-state index is -4.42. The molecule has 1 aromatic carbocycles. The number of nitrogens with zero attached hydrogens (tertiary/aromatic N) is 2. The van der Waals surface area contributed by atoms with E-state index in [1.807, 2.05) is 0 Å². The highest BCUT2D eigenvalue weighted by Crippen LogP contribution is 2.37. The summed E-state index contributed by atoms with van der Waals surface area (Å²) >= 11 is 3.26. The fourth-order valence-electron chi connectivity index (χ4n) is 2.03. The second kappa shape index (κ2) is 6.33. The van der Waals surface area contributed by atoms with Crippen LogP contribution in [-0.2, 0) is 17.6 Å². The molecule has 1 heterocycles. The Morgan fingerprint density at radius 1 is 1.27 bits per heavy atom. The van der Waals surface area contributed by atoms with Gasteiger partial charge in [0.15, 0.2) is 0 Å². The van der Waals surface area contributed by atoms with Gasteiger partial charge in [0.2, 0.25) is 0 Å². The first-order valence-electron chi connectivity index (χ1n) is 6.88. The molecule has 0 saturated carbocycles. The van der Waals surface area contributed by atoms with Crippen molar-refractivity contribution in [3.8, 4) is 0 Å². The van der Waals surface area contributed by atoms with E-state index < -0.39 is 19.8 Å². The molecule has 2 rings (SSSR count). The van der Waals surface area contributed by atoms with Gasteiger partial charge in [-0.3, -0.25) is 0 Å². The molecule has 0 amide bonds. The molecular weight excluding hydrogens is 377 g/mol. The molecule has 3 nitrogen and oxygen atoms in total. The van der Waals surface area contributed by atoms with Crippen molar-refractivity contribution in [2.45, 2.75) is 38.6 Å². The summed E-state index contributed by atoms with van der Waals surface area (Å²) in [7, 11) is -1.22. The van der Waals surface area contributed by atoms with Gasteiger partial charge in [-0.15, -0.1) is 0 Å². The van der Waals surface area contributed by atoms with Gasteiger partial charge in [0.05, 0.1) is 17.3 Å². The van der Waals surface area contributed by atoms with Gasteiger partial charge >= 0.3 is 6.18 Å². The number of benzene rings is 1. The van der Waals surface area contributed by atoms with Crippen molar-refractivity contribution in [3.63, 3.8) is 0 Å². The maximum absolute atomic E-state index is 13.2. The van der Waals surface area contributed by atoms with Crippen LogP contribution in [0, 0.1) is 0 Å². The number of aromatic nitrogens is 2. The zero-order valence-corrected chi connectivity index (χ0v) is 15.3. The summed E-state index contributed by atoms with van der Waals surface area (Å²) in [5, 5.41) is 4.47. The molecule has 0 atom stereocenters. The molecule has 0 saturated heterocycles. The number of fused-ring (bicyclic) bond motifs is 1. The molecule has 122 valence electrons. The second-order valence-corrected chi connectivity index (χ2v) is 12.8. The third-order valence-corrected chi connectivity index (χ3v) is 5.66. The van der Waals surface area contributed by atoms with Gasteiger partial charge in [-0.25, -0.2) is 4.68 Å². The average molecular weight is 395 g/mol. The lowest BCUT2D eigenvalue weighted by atomic mass is 10.1. The number of rotatable bonds is 5. The van der Waals surface area contributed by atoms with E-state index >= 15 is 0 Å². The maximum atomic E-state index is 13.2. The maximum Gasteiger partial charge on any atom is 0.418 e. The van der Waals surface area contributed by atoms with Crippen LogP contribution in [0.5, 0.6) is 0 Å². The molecule has 0 spiro atoms. The number of hydrogen-bond donors (Lipinski definition) is 0. The van der Waals surface area contributed by atoms with Crippen molar-refractivity contribution < 1.29 is 17.9 Å². The van der Waals surface area contributed by atoms with E-state index in [0.717, 1.165) is 12.1 Å². The molecule has 0 radical (unpaired) electrons.